The molecule has 0 aromatic heterocycles. The van der Waals surface area contributed by atoms with Crippen LogP contribution < -0.4 is 15.2 Å². The van der Waals surface area contributed by atoms with Gasteiger partial charge in [-0.2, -0.15) is 0 Å². The summed E-state index contributed by atoms with van der Waals surface area (Å²) in [5.74, 6) is 2.13. The van der Waals surface area contributed by atoms with Crippen molar-refractivity contribution >= 4 is 17.7 Å². The smallest absolute Gasteiger partial charge is 0.321 e. The number of benzene rings is 1. The Kier molecular flexibility index (Phi) is 6.50. The van der Waals surface area contributed by atoms with E-state index < -0.39 is 0 Å². The van der Waals surface area contributed by atoms with Gasteiger partial charge in [-0.3, -0.25) is 4.79 Å². The van der Waals surface area contributed by atoms with Crippen molar-refractivity contribution in [3.05, 3.63) is 24.3 Å². The molecule has 17 heavy (non-hydrogen) atoms. The van der Waals surface area contributed by atoms with Crippen LogP contribution >= 0.6 is 11.8 Å². The van der Waals surface area contributed by atoms with Crippen LogP contribution in [0.15, 0.2) is 24.3 Å². The van der Waals surface area contributed by atoms with Crippen LogP contribution in [0.4, 0.5) is 0 Å². The van der Waals surface area contributed by atoms with E-state index in [1.54, 1.807) is 24.3 Å². The third kappa shape index (κ3) is 5.60. The molecule has 1 rings (SSSR count). The lowest BCUT2D eigenvalue weighted by atomic mass is 10.3. The lowest BCUT2D eigenvalue weighted by molar-refractivity contribution is -0.131. The van der Waals surface area contributed by atoms with Gasteiger partial charge in [-0.1, -0.05) is 0 Å². The van der Waals surface area contributed by atoms with E-state index >= 15 is 0 Å². The molecule has 0 saturated carbocycles. The highest BCUT2D eigenvalue weighted by Gasteiger charge is 2.04. The molecule has 1 aromatic rings. The third-order valence-corrected chi connectivity index (χ3v) is 2.81. The number of carbonyl (C=O) groups excluding carboxylic acids is 1. The molecule has 0 heterocycles. The molecule has 5 heteroatoms. The largest absolute Gasteiger partial charge is 0.494 e. The highest BCUT2D eigenvalue weighted by molar-refractivity contribution is 7.99. The minimum absolute atomic E-state index is 0.257. The van der Waals surface area contributed by atoms with Gasteiger partial charge in [0.25, 0.3) is 0 Å². The zero-order valence-corrected chi connectivity index (χ0v) is 10.7. The molecule has 0 spiro atoms. The lowest BCUT2D eigenvalue weighted by Crippen LogP contribution is -2.12. The van der Waals surface area contributed by atoms with Crippen LogP contribution in [0.2, 0.25) is 0 Å². The highest BCUT2D eigenvalue weighted by atomic mass is 32.2. The second kappa shape index (κ2) is 7.97. The van der Waals surface area contributed by atoms with Gasteiger partial charge in [0.1, 0.15) is 11.5 Å². The van der Waals surface area contributed by atoms with Crippen LogP contribution in [0.1, 0.15) is 6.92 Å². The number of rotatable bonds is 7. The maximum absolute atomic E-state index is 11.4. The summed E-state index contributed by atoms with van der Waals surface area (Å²) in [7, 11) is 0. The molecular weight excluding hydrogens is 238 g/mol. The van der Waals surface area contributed by atoms with Gasteiger partial charge in [0.2, 0.25) is 0 Å². The second-order valence-corrected chi connectivity index (χ2v) is 4.32. The number of thioether (sulfide) groups is 1. The van der Waals surface area contributed by atoms with Gasteiger partial charge in [-0.25, -0.2) is 0 Å². The average molecular weight is 255 g/mol. The number of nitrogens with two attached hydrogens (primary N) is 1. The van der Waals surface area contributed by atoms with Crippen LogP contribution in [-0.2, 0) is 4.79 Å². The topological polar surface area (TPSA) is 61.5 Å². The molecule has 0 saturated heterocycles. The zero-order chi connectivity index (χ0) is 12.5. The van der Waals surface area contributed by atoms with Crippen molar-refractivity contribution < 1.29 is 14.3 Å². The van der Waals surface area contributed by atoms with Crippen LogP contribution in [0, 0.1) is 0 Å². The predicted octanol–water partition coefficient (Wildman–Crippen LogP) is 1.68. The molecule has 94 valence electrons. The van der Waals surface area contributed by atoms with Gasteiger partial charge in [0, 0.05) is 12.3 Å². The Labute approximate surface area is 105 Å². The second-order valence-electron chi connectivity index (χ2n) is 3.22. The van der Waals surface area contributed by atoms with Gasteiger partial charge in [0.05, 0.1) is 12.4 Å². The molecule has 0 aliphatic carbocycles. The first-order valence-electron chi connectivity index (χ1n) is 5.47. The minimum atomic E-state index is -0.257. The summed E-state index contributed by atoms with van der Waals surface area (Å²) in [6.45, 7) is 3.11. The Morgan fingerprint density at radius 1 is 1.29 bits per heavy atom. The van der Waals surface area contributed by atoms with Gasteiger partial charge in [-0.05, 0) is 31.2 Å². The molecule has 0 aliphatic rings. The molecule has 0 unspecified atom stereocenters. The standard InChI is InChI=1S/C12H17NO3S/c1-2-15-10-3-5-11(6-4-10)16-12(14)9-17-8-7-13/h3-6H,2,7-9,13H2,1H3. The number of carbonyl (C=O) groups is 1. The molecule has 1 aromatic carbocycles. The SMILES string of the molecule is CCOc1ccc(OC(=O)CSCCN)cc1. The lowest BCUT2D eigenvalue weighted by Gasteiger charge is -2.06. The summed E-state index contributed by atoms with van der Waals surface area (Å²) in [5, 5.41) is 0. The van der Waals surface area contributed by atoms with E-state index in [1.165, 1.54) is 11.8 Å². The van der Waals surface area contributed by atoms with Crippen LogP contribution in [0.3, 0.4) is 0 Å². The highest BCUT2D eigenvalue weighted by Crippen LogP contribution is 2.18. The quantitative estimate of drug-likeness (QED) is 0.456. The third-order valence-electron chi connectivity index (χ3n) is 1.85. The summed E-state index contributed by atoms with van der Waals surface area (Å²) in [6, 6.07) is 6.99. The summed E-state index contributed by atoms with van der Waals surface area (Å²) in [5.41, 5.74) is 5.33. The number of esters is 1. The summed E-state index contributed by atoms with van der Waals surface area (Å²) in [4.78, 5) is 11.4. The molecule has 4 nitrogen and oxygen atoms in total. The van der Waals surface area contributed by atoms with Gasteiger partial charge in [0.15, 0.2) is 0 Å². The first-order chi connectivity index (χ1) is 8.26. The Bertz CT molecular complexity index is 340. The number of ether oxygens (including phenoxy) is 2. The fourth-order valence-electron chi connectivity index (χ4n) is 1.17. The van der Waals surface area contributed by atoms with Crippen molar-refractivity contribution in [3.8, 4) is 11.5 Å². The van der Waals surface area contributed by atoms with E-state index in [9.17, 15) is 4.79 Å². The van der Waals surface area contributed by atoms with Crippen LogP contribution in [-0.4, -0.2) is 30.6 Å². The average Bonchev–Trinajstić information content (AvgIpc) is 2.32. The van der Waals surface area contributed by atoms with Crippen molar-refractivity contribution in [2.75, 3.05) is 24.7 Å². The van der Waals surface area contributed by atoms with E-state index in [0.29, 0.717) is 24.7 Å². The van der Waals surface area contributed by atoms with Crippen LogP contribution in [0.25, 0.3) is 0 Å². The zero-order valence-electron chi connectivity index (χ0n) is 9.85. The van der Waals surface area contributed by atoms with Crippen molar-refractivity contribution in [3.63, 3.8) is 0 Å². The van der Waals surface area contributed by atoms with Gasteiger partial charge < -0.3 is 15.2 Å². The Morgan fingerprint density at radius 3 is 2.53 bits per heavy atom. The summed E-state index contributed by atoms with van der Waals surface area (Å²) in [6.07, 6.45) is 0. The summed E-state index contributed by atoms with van der Waals surface area (Å²) >= 11 is 1.47. The van der Waals surface area contributed by atoms with E-state index in [4.69, 9.17) is 15.2 Å². The minimum Gasteiger partial charge on any atom is -0.494 e. The van der Waals surface area contributed by atoms with Gasteiger partial charge >= 0.3 is 5.97 Å². The van der Waals surface area contributed by atoms with Crippen molar-refractivity contribution in [1.29, 1.82) is 0 Å². The molecule has 2 N–H and O–H groups in total. The van der Waals surface area contributed by atoms with E-state index in [0.717, 1.165) is 11.5 Å². The van der Waals surface area contributed by atoms with E-state index in [2.05, 4.69) is 0 Å². The molecule has 0 atom stereocenters. The van der Waals surface area contributed by atoms with Crippen molar-refractivity contribution in [2.45, 2.75) is 6.92 Å². The fourth-order valence-corrected chi connectivity index (χ4v) is 1.71. The normalized spacial score (nSPS) is 10.0. The molecule has 0 radical (unpaired) electrons. The molecular formula is C12H17NO3S. The predicted molar refractivity (Wildman–Crippen MR) is 69.6 cm³/mol. The van der Waals surface area contributed by atoms with E-state index in [1.807, 2.05) is 6.92 Å². The van der Waals surface area contributed by atoms with Crippen molar-refractivity contribution in [1.82, 2.24) is 0 Å². The number of hydrogen-bond acceptors (Lipinski definition) is 5. The monoisotopic (exact) mass is 255 g/mol. The molecule has 0 amide bonds. The molecule has 0 bridgehead atoms. The van der Waals surface area contributed by atoms with Crippen LogP contribution in [0.5, 0.6) is 11.5 Å². The fraction of sp³-hybridized carbons (Fsp3) is 0.417. The Balaban J connectivity index is 2.37. The first kappa shape index (κ1) is 13.9. The van der Waals surface area contributed by atoms with Crippen molar-refractivity contribution in [2.24, 2.45) is 5.73 Å². The maximum atomic E-state index is 11.4. The maximum Gasteiger partial charge on any atom is 0.321 e. The van der Waals surface area contributed by atoms with Gasteiger partial charge in [-0.15, -0.1) is 11.8 Å². The van der Waals surface area contributed by atoms with E-state index in [-0.39, 0.29) is 5.97 Å². The molecule has 0 aliphatic heterocycles. The summed E-state index contributed by atoms with van der Waals surface area (Å²) < 4.78 is 10.4. The Morgan fingerprint density at radius 2 is 1.94 bits per heavy atom. The number of hydrogen-bond donors (Lipinski definition) is 1. The molecule has 0 fully saturated rings. The first-order valence-corrected chi connectivity index (χ1v) is 6.63. The Hall–Kier alpha value is -1.20.